The zero-order valence-electron chi connectivity index (χ0n) is 10.6. The molecule has 0 N–H and O–H groups in total. The summed E-state index contributed by atoms with van der Waals surface area (Å²) in [6.45, 7) is 5.14. The molecule has 1 aliphatic heterocycles. The second-order valence-corrected chi connectivity index (χ2v) is 4.64. The molecule has 1 saturated heterocycles. The molecular formula is C14H21NO2. The molecule has 94 valence electrons. The van der Waals surface area contributed by atoms with Crippen LogP contribution >= 0.6 is 0 Å². The van der Waals surface area contributed by atoms with Gasteiger partial charge in [0.25, 0.3) is 0 Å². The Kier molecular flexibility index (Phi) is 4.40. The van der Waals surface area contributed by atoms with E-state index in [4.69, 9.17) is 9.47 Å². The van der Waals surface area contributed by atoms with Crippen LogP contribution in [0.4, 0.5) is 0 Å². The van der Waals surface area contributed by atoms with Crippen LogP contribution in [0.15, 0.2) is 30.3 Å². The van der Waals surface area contributed by atoms with Gasteiger partial charge in [-0.1, -0.05) is 18.2 Å². The van der Waals surface area contributed by atoms with Crippen molar-refractivity contribution < 1.29 is 9.47 Å². The molecular weight excluding hydrogens is 214 g/mol. The van der Waals surface area contributed by atoms with Gasteiger partial charge in [-0.25, -0.2) is 0 Å². The standard InChI is InChI=1S/C14H21NO2/c1-12(8-9-16-2)15-10-14(11-15)17-13-6-4-3-5-7-13/h3-7,12,14H,8-11H2,1-2H3/t12-/m0/s1. The minimum absolute atomic E-state index is 0.349. The summed E-state index contributed by atoms with van der Waals surface area (Å²) in [7, 11) is 1.75. The maximum absolute atomic E-state index is 5.86. The molecule has 3 nitrogen and oxygen atoms in total. The van der Waals surface area contributed by atoms with E-state index in [1.807, 2.05) is 30.3 Å². The minimum Gasteiger partial charge on any atom is -0.488 e. The van der Waals surface area contributed by atoms with Crippen LogP contribution < -0.4 is 4.74 Å². The van der Waals surface area contributed by atoms with Gasteiger partial charge >= 0.3 is 0 Å². The lowest BCUT2D eigenvalue weighted by Crippen LogP contribution is -2.57. The predicted octanol–water partition coefficient (Wildman–Crippen LogP) is 2.17. The fourth-order valence-electron chi connectivity index (χ4n) is 2.07. The Balaban J connectivity index is 1.69. The van der Waals surface area contributed by atoms with E-state index in [1.165, 1.54) is 0 Å². The molecule has 17 heavy (non-hydrogen) atoms. The van der Waals surface area contributed by atoms with Crippen molar-refractivity contribution in [2.45, 2.75) is 25.5 Å². The maximum Gasteiger partial charge on any atom is 0.124 e. The van der Waals surface area contributed by atoms with Crippen LogP contribution in [0.25, 0.3) is 0 Å². The van der Waals surface area contributed by atoms with Gasteiger partial charge in [0, 0.05) is 32.8 Å². The Morgan fingerprint density at radius 1 is 1.29 bits per heavy atom. The number of para-hydroxylation sites is 1. The van der Waals surface area contributed by atoms with Gasteiger partial charge in [-0.2, -0.15) is 0 Å². The van der Waals surface area contributed by atoms with Gasteiger partial charge in [-0.05, 0) is 25.5 Å². The molecule has 0 amide bonds. The minimum atomic E-state index is 0.349. The van der Waals surface area contributed by atoms with Crippen molar-refractivity contribution >= 4 is 0 Å². The summed E-state index contributed by atoms with van der Waals surface area (Å²) in [6, 6.07) is 10.6. The molecule has 0 saturated carbocycles. The second kappa shape index (κ2) is 6.03. The third kappa shape index (κ3) is 3.45. The molecule has 0 bridgehead atoms. The van der Waals surface area contributed by atoms with Crippen molar-refractivity contribution in [1.82, 2.24) is 4.90 Å². The van der Waals surface area contributed by atoms with Gasteiger partial charge in [0.05, 0.1) is 0 Å². The van der Waals surface area contributed by atoms with E-state index >= 15 is 0 Å². The van der Waals surface area contributed by atoms with Gasteiger partial charge in [0.1, 0.15) is 11.9 Å². The highest BCUT2D eigenvalue weighted by molar-refractivity contribution is 5.21. The van der Waals surface area contributed by atoms with Gasteiger partial charge < -0.3 is 9.47 Å². The molecule has 0 aliphatic carbocycles. The van der Waals surface area contributed by atoms with Crippen molar-refractivity contribution in [3.63, 3.8) is 0 Å². The Hall–Kier alpha value is -1.06. The van der Waals surface area contributed by atoms with E-state index < -0.39 is 0 Å². The molecule has 0 radical (unpaired) electrons. The number of hydrogen-bond donors (Lipinski definition) is 0. The summed E-state index contributed by atoms with van der Waals surface area (Å²) in [5, 5.41) is 0. The molecule has 2 rings (SSSR count). The highest BCUT2D eigenvalue weighted by Crippen LogP contribution is 2.20. The van der Waals surface area contributed by atoms with Gasteiger partial charge in [-0.15, -0.1) is 0 Å². The molecule has 0 unspecified atom stereocenters. The first kappa shape index (κ1) is 12.4. The summed E-state index contributed by atoms with van der Waals surface area (Å²) < 4.78 is 11.0. The number of benzene rings is 1. The highest BCUT2D eigenvalue weighted by Gasteiger charge is 2.31. The van der Waals surface area contributed by atoms with E-state index in [9.17, 15) is 0 Å². The molecule has 0 spiro atoms. The molecule has 1 heterocycles. The summed E-state index contributed by atoms with van der Waals surface area (Å²) in [5.41, 5.74) is 0. The van der Waals surface area contributed by atoms with Crippen molar-refractivity contribution in [1.29, 1.82) is 0 Å². The monoisotopic (exact) mass is 235 g/mol. The molecule has 1 atom stereocenters. The van der Waals surface area contributed by atoms with E-state index in [2.05, 4.69) is 11.8 Å². The fraction of sp³-hybridized carbons (Fsp3) is 0.571. The zero-order valence-corrected chi connectivity index (χ0v) is 10.6. The molecule has 3 heteroatoms. The molecule has 1 aliphatic rings. The smallest absolute Gasteiger partial charge is 0.124 e. The Bertz CT molecular complexity index is 322. The summed E-state index contributed by atoms with van der Waals surface area (Å²) in [4.78, 5) is 2.44. The lowest BCUT2D eigenvalue weighted by atomic mass is 10.1. The maximum atomic E-state index is 5.86. The Morgan fingerprint density at radius 2 is 2.00 bits per heavy atom. The number of rotatable bonds is 6. The van der Waals surface area contributed by atoms with Crippen molar-refractivity contribution in [3.8, 4) is 5.75 Å². The molecule has 1 aromatic carbocycles. The quantitative estimate of drug-likeness (QED) is 0.754. The topological polar surface area (TPSA) is 21.7 Å². The number of nitrogens with zero attached hydrogens (tertiary/aromatic N) is 1. The van der Waals surface area contributed by atoms with Crippen LogP contribution in [0.3, 0.4) is 0 Å². The first-order valence-electron chi connectivity index (χ1n) is 6.24. The van der Waals surface area contributed by atoms with E-state index in [1.54, 1.807) is 7.11 Å². The number of methoxy groups -OCH3 is 1. The third-order valence-corrected chi connectivity index (χ3v) is 3.29. The zero-order chi connectivity index (χ0) is 12.1. The van der Waals surface area contributed by atoms with Crippen LogP contribution in [-0.2, 0) is 4.74 Å². The van der Waals surface area contributed by atoms with Gasteiger partial charge in [0.15, 0.2) is 0 Å². The number of likely N-dealkylation sites (tertiary alicyclic amines) is 1. The predicted molar refractivity (Wildman–Crippen MR) is 68.4 cm³/mol. The summed E-state index contributed by atoms with van der Waals surface area (Å²) in [6.07, 6.45) is 1.44. The Morgan fingerprint density at radius 3 is 2.65 bits per heavy atom. The van der Waals surface area contributed by atoms with Gasteiger partial charge in [-0.3, -0.25) is 4.90 Å². The highest BCUT2D eigenvalue weighted by atomic mass is 16.5. The van der Waals surface area contributed by atoms with Crippen molar-refractivity contribution in [2.24, 2.45) is 0 Å². The van der Waals surface area contributed by atoms with Gasteiger partial charge in [0.2, 0.25) is 0 Å². The molecule has 1 aromatic rings. The second-order valence-electron chi connectivity index (χ2n) is 4.64. The summed E-state index contributed by atoms with van der Waals surface area (Å²) in [5.74, 6) is 0.974. The molecule has 0 aromatic heterocycles. The first-order chi connectivity index (χ1) is 8.29. The van der Waals surface area contributed by atoms with Crippen LogP contribution in [0.5, 0.6) is 5.75 Å². The van der Waals surface area contributed by atoms with E-state index in [-0.39, 0.29) is 0 Å². The number of ether oxygens (including phenoxy) is 2. The van der Waals surface area contributed by atoms with Crippen LogP contribution in [0.2, 0.25) is 0 Å². The number of hydrogen-bond acceptors (Lipinski definition) is 3. The van der Waals surface area contributed by atoms with Crippen molar-refractivity contribution in [2.75, 3.05) is 26.8 Å². The lowest BCUT2D eigenvalue weighted by molar-refractivity contribution is -0.0118. The molecule has 1 fully saturated rings. The van der Waals surface area contributed by atoms with Crippen LogP contribution in [-0.4, -0.2) is 43.9 Å². The third-order valence-electron chi connectivity index (χ3n) is 3.29. The van der Waals surface area contributed by atoms with E-state index in [0.29, 0.717) is 12.1 Å². The van der Waals surface area contributed by atoms with Crippen molar-refractivity contribution in [3.05, 3.63) is 30.3 Å². The largest absolute Gasteiger partial charge is 0.488 e. The SMILES string of the molecule is COCC[C@H](C)N1CC(Oc2ccccc2)C1. The van der Waals surface area contributed by atoms with Crippen LogP contribution in [0, 0.1) is 0 Å². The average Bonchev–Trinajstić information content (AvgIpc) is 2.31. The average molecular weight is 235 g/mol. The lowest BCUT2D eigenvalue weighted by Gasteiger charge is -2.42. The first-order valence-corrected chi connectivity index (χ1v) is 6.24. The normalized spacial score (nSPS) is 18.7. The summed E-state index contributed by atoms with van der Waals surface area (Å²) >= 11 is 0. The Labute approximate surface area is 103 Å². The van der Waals surface area contributed by atoms with Crippen LogP contribution in [0.1, 0.15) is 13.3 Å². The van der Waals surface area contributed by atoms with E-state index in [0.717, 1.165) is 31.9 Å². The fourth-order valence-corrected chi connectivity index (χ4v) is 2.07.